The summed E-state index contributed by atoms with van der Waals surface area (Å²) in [6.45, 7) is 2.57. The third-order valence-electron chi connectivity index (χ3n) is 6.92. The van der Waals surface area contributed by atoms with Gasteiger partial charge in [0.05, 0.1) is 0 Å². The Morgan fingerprint density at radius 2 is 1.83 bits per heavy atom. The molecule has 1 aromatic rings. The number of fused-ring (bicyclic) bond motifs is 1. The number of likely N-dealkylation sites (tertiary alicyclic amines) is 1. The molecule has 2 saturated heterocycles. The number of amides is 4. The maximum atomic E-state index is 13.4. The van der Waals surface area contributed by atoms with Crippen LogP contribution >= 0.6 is 0 Å². The summed E-state index contributed by atoms with van der Waals surface area (Å²) in [5.41, 5.74) is -0.289. The second-order valence-corrected chi connectivity index (χ2v) is 8.68. The van der Waals surface area contributed by atoms with E-state index in [9.17, 15) is 14.4 Å². The molecule has 1 aromatic carbocycles. The first-order valence-electron chi connectivity index (χ1n) is 11.1. The molecule has 0 radical (unpaired) electrons. The fourth-order valence-corrected chi connectivity index (χ4v) is 5.54. The molecular formula is C23H31N3O3. The minimum Gasteiger partial charge on any atom is -0.338 e. The Morgan fingerprint density at radius 3 is 2.59 bits per heavy atom. The van der Waals surface area contributed by atoms with E-state index in [0.29, 0.717) is 12.3 Å². The van der Waals surface area contributed by atoms with Gasteiger partial charge in [0.15, 0.2) is 0 Å². The highest BCUT2D eigenvalue weighted by molar-refractivity contribution is 6.09. The van der Waals surface area contributed by atoms with Crippen LogP contribution in [0.5, 0.6) is 0 Å². The summed E-state index contributed by atoms with van der Waals surface area (Å²) in [6.07, 6.45) is 8.08. The maximum absolute atomic E-state index is 13.4. The normalized spacial score (nSPS) is 29.6. The van der Waals surface area contributed by atoms with Crippen LogP contribution in [0.4, 0.5) is 4.79 Å². The van der Waals surface area contributed by atoms with Crippen LogP contribution in [0.3, 0.4) is 0 Å². The Labute approximate surface area is 172 Å². The Hall–Kier alpha value is -2.37. The molecule has 0 aromatic heterocycles. The van der Waals surface area contributed by atoms with Gasteiger partial charge in [0, 0.05) is 12.6 Å². The Balaban J connectivity index is 1.53. The zero-order chi connectivity index (χ0) is 20.4. The van der Waals surface area contributed by atoms with E-state index in [2.05, 4.69) is 5.32 Å². The Kier molecular flexibility index (Phi) is 5.61. The first kappa shape index (κ1) is 19.9. The van der Waals surface area contributed by atoms with E-state index in [1.54, 1.807) is 0 Å². The summed E-state index contributed by atoms with van der Waals surface area (Å²) in [6, 6.07) is 9.20. The van der Waals surface area contributed by atoms with Crippen LogP contribution in [0.1, 0.15) is 63.9 Å². The van der Waals surface area contributed by atoms with E-state index in [-0.39, 0.29) is 24.4 Å². The lowest BCUT2D eigenvalue weighted by Gasteiger charge is -2.44. The van der Waals surface area contributed by atoms with Crippen molar-refractivity contribution in [2.75, 3.05) is 13.1 Å². The topological polar surface area (TPSA) is 69.7 Å². The van der Waals surface area contributed by atoms with Gasteiger partial charge in [-0.05, 0) is 43.6 Å². The Bertz CT molecular complexity index is 779. The number of nitrogens with one attached hydrogen (secondary N) is 1. The number of carbonyl (C=O) groups excluding carboxylic acids is 3. The van der Waals surface area contributed by atoms with Gasteiger partial charge in [-0.1, -0.05) is 56.5 Å². The van der Waals surface area contributed by atoms with Crippen molar-refractivity contribution in [1.29, 1.82) is 0 Å². The lowest BCUT2D eigenvalue weighted by atomic mass is 9.78. The van der Waals surface area contributed by atoms with Crippen LogP contribution in [0, 0.1) is 5.92 Å². The lowest BCUT2D eigenvalue weighted by Crippen LogP contribution is -2.53. The van der Waals surface area contributed by atoms with Crippen molar-refractivity contribution in [3.05, 3.63) is 35.9 Å². The second kappa shape index (κ2) is 8.17. The molecule has 2 aliphatic heterocycles. The van der Waals surface area contributed by atoms with Gasteiger partial charge in [0.2, 0.25) is 5.91 Å². The number of rotatable bonds is 5. The summed E-state index contributed by atoms with van der Waals surface area (Å²) in [5, 5.41) is 2.92. The van der Waals surface area contributed by atoms with E-state index in [1.807, 2.05) is 42.2 Å². The Morgan fingerprint density at radius 1 is 1.10 bits per heavy atom. The van der Waals surface area contributed by atoms with Gasteiger partial charge in [0.1, 0.15) is 12.1 Å². The van der Waals surface area contributed by atoms with Crippen LogP contribution in [0.15, 0.2) is 30.3 Å². The van der Waals surface area contributed by atoms with Crippen molar-refractivity contribution in [3.8, 4) is 0 Å². The molecule has 6 nitrogen and oxygen atoms in total. The summed E-state index contributed by atoms with van der Waals surface area (Å²) in [7, 11) is 0. The van der Waals surface area contributed by atoms with Crippen LogP contribution in [0.25, 0.3) is 0 Å². The van der Waals surface area contributed by atoms with Crippen molar-refractivity contribution in [3.63, 3.8) is 0 Å². The number of nitrogens with zero attached hydrogens (tertiary/aromatic N) is 2. The average Bonchev–Trinajstić information content (AvgIpc) is 2.99. The van der Waals surface area contributed by atoms with Crippen molar-refractivity contribution >= 4 is 17.8 Å². The fourth-order valence-electron chi connectivity index (χ4n) is 5.54. The minimum atomic E-state index is -1.07. The highest BCUT2D eigenvalue weighted by Gasteiger charge is 2.52. The molecular weight excluding hydrogens is 366 g/mol. The van der Waals surface area contributed by atoms with Gasteiger partial charge in [-0.2, -0.15) is 0 Å². The third kappa shape index (κ3) is 3.53. The number of imide groups is 1. The van der Waals surface area contributed by atoms with Crippen molar-refractivity contribution in [1.82, 2.24) is 15.1 Å². The molecule has 4 rings (SSSR count). The SMILES string of the molecule is CCC[C@@]1(c2ccccc2)NC(=O)N(CC(=O)N2CCC[C@H]3CCCC[C@@H]32)C1=O. The fraction of sp³-hybridized carbons (Fsp3) is 0.609. The quantitative estimate of drug-likeness (QED) is 0.774. The zero-order valence-electron chi connectivity index (χ0n) is 17.2. The molecule has 6 heteroatoms. The molecule has 3 atom stereocenters. The molecule has 3 aliphatic rings. The molecule has 156 valence electrons. The van der Waals surface area contributed by atoms with E-state index in [1.165, 1.54) is 19.3 Å². The van der Waals surface area contributed by atoms with Crippen molar-refractivity contribution < 1.29 is 14.4 Å². The van der Waals surface area contributed by atoms with Crippen LogP contribution in [-0.2, 0) is 15.1 Å². The second-order valence-electron chi connectivity index (χ2n) is 8.68. The summed E-state index contributed by atoms with van der Waals surface area (Å²) < 4.78 is 0. The third-order valence-corrected chi connectivity index (χ3v) is 6.92. The average molecular weight is 398 g/mol. The van der Waals surface area contributed by atoms with Crippen LogP contribution in [-0.4, -0.2) is 46.8 Å². The first-order chi connectivity index (χ1) is 14.1. The van der Waals surface area contributed by atoms with Crippen LogP contribution in [0.2, 0.25) is 0 Å². The largest absolute Gasteiger partial charge is 0.338 e. The zero-order valence-corrected chi connectivity index (χ0v) is 17.2. The van der Waals surface area contributed by atoms with Gasteiger partial charge < -0.3 is 10.2 Å². The molecule has 1 N–H and O–H groups in total. The molecule has 3 fully saturated rings. The van der Waals surface area contributed by atoms with Gasteiger partial charge in [-0.15, -0.1) is 0 Å². The number of piperidine rings is 1. The summed E-state index contributed by atoms with van der Waals surface area (Å²) in [4.78, 5) is 42.4. The van der Waals surface area contributed by atoms with Crippen molar-refractivity contribution in [2.45, 2.75) is 69.9 Å². The van der Waals surface area contributed by atoms with Crippen molar-refractivity contribution in [2.24, 2.45) is 5.92 Å². The summed E-state index contributed by atoms with van der Waals surface area (Å²) in [5.74, 6) is 0.180. The monoisotopic (exact) mass is 397 g/mol. The van der Waals surface area contributed by atoms with E-state index in [0.717, 1.165) is 42.7 Å². The number of urea groups is 1. The number of hydrogen-bond acceptors (Lipinski definition) is 3. The van der Waals surface area contributed by atoms with E-state index in [4.69, 9.17) is 0 Å². The molecule has 0 bridgehead atoms. The predicted octanol–water partition coefficient (Wildman–Crippen LogP) is 3.42. The minimum absolute atomic E-state index is 0.0922. The molecule has 0 spiro atoms. The van der Waals surface area contributed by atoms with Gasteiger partial charge in [-0.3, -0.25) is 14.5 Å². The predicted molar refractivity (Wildman–Crippen MR) is 110 cm³/mol. The van der Waals surface area contributed by atoms with Gasteiger partial charge in [-0.25, -0.2) is 4.79 Å². The number of benzene rings is 1. The standard InChI is InChI=1S/C23H31N3O3/c1-2-14-23(18-11-4-3-5-12-18)21(28)26(22(29)24-23)16-20(27)25-15-8-10-17-9-6-7-13-19(17)25/h3-5,11-12,17,19H,2,6-10,13-16H2,1H3,(H,24,29)/t17-,19+,23+/m1/s1. The molecule has 0 unspecified atom stereocenters. The van der Waals surface area contributed by atoms with E-state index >= 15 is 0 Å². The van der Waals surface area contributed by atoms with E-state index < -0.39 is 11.6 Å². The molecule has 4 amide bonds. The highest BCUT2D eigenvalue weighted by Crippen LogP contribution is 2.36. The smallest absolute Gasteiger partial charge is 0.325 e. The lowest BCUT2D eigenvalue weighted by molar-refractivity contribution is -0.143. The van der Waals surface area contributed by atoms with Gasteiger partial charge in [0.25, 0.3) is 5.91 Å². The summed E-state index contributed by atoms with van der Waals surface area (Å²) >= 11 is 0. The first-order valence-corrected chi connectivity index (χ1v) is 11.1. The maximum Gasteiger partial charge on any atom is 0.325 e. The van der Waals surface area contributed by atoms with Crippen LogP contribution < -0.4 is 5.32 Å². The number of carbonyl (C=O) groups is 3. The molecule has 2 heterocycles. The molecule has 1 aliphatic carbocycles. The highest BCUT2D eigenvalue weighted by atomic mass is 16.2. The van der Waals surface area contributed by atoms with Gasteiger partial charge >= 0.3 is 6.03 Å². The number of hydrogen-bond donors (Lipinski definition) is 1. The molecule has 29 heavy (non-hydrogen) atoms. The molecule has 1 saturated carbocycles.